The molecule has 0 saturated carbocycles. The van der Waals surface area contributed by atoms with E-state index in [2.05, 4.69) is 109 Å². The van der Waals surface area contributed by atoms with E-state index < -0.39 is 0 Å². The van der Waals surface area contributed by atoms with E-state index in [1.165, 1.54) is 33.4 Å². The van der Waals surface area contributed by atoms with Crippen LogP contribution in [0, 0.1) is 0 Å². The van der Waals surface area contributed by atoms with E-state index in [1.807, 2.05) is 0 Å². The molecule has 0 heterocycles. The van der Waals surface area contributed by atoms with Gasteiger partial charge in [-0.1, -0.05) is 109 Å². The van der Waals surface area contributed by atoms with Crippen LogP contribution < -0.4 is 0 Å². The average molecular weight is 329 g/mol. The third-order valence-corrected chi connectivity index (χ3v) is 4.30. The summed E-state index contributed by atoms with van der Waals surface area (Å²) >= 11 is 0. The minimum absolute atomic E-state index is 0. The number of hydrogen-bond acceptors (Lipinski definition) is 0. The Morgan fingerprint density at radius 2 is 0.680 bits per heavy atom. The van der Waals surface area contributed by atoms with Gasteiger partial charge in [-0.05, 0) is 33.4 Å². The van der Waals surface area contributed by atoms with E-state index in [4.69, 9.17) is 0 Å². The quantitative estimate of drug-likeness (QED) is 0.387. The Balaban J connectivity index is 0.00000182. The summed E-state index contributed by atoms with van der Waals surface area (Å²) in [5.41, 5.74) is 7.56. The van der Waals surface area contributed by atoms with Crippen LogP contribution >= 0.6 is 0 Å². The molecule has 115 valence electrons. The smallest absolute Gasteiger partial charge is 0 e. The molecule has 0 aliphatic heterocycles. The molecule has 0 aromatic heterocycles. The Bertz CT molecular complexity index is 872. The fourth-order valence-corrected chi connectivity index (χ4v) is 3.18. The van der Waals surface area contributed by atoms with Crippen LogP contribution in [-0.2, 0) is 0 Å². The zero-order valence-electron chi connectivity index (χ0n) is 14.4. The van der Waals surface area contributed by atoms with E-state index in [-0.39, 0.29) is 29.6 Å². The largest absolute Gasteiger partial charge is 0.0622 e. The number of rotatable bonds is 3. The van der Waals surface area contributed by atoms with Crippen molar-refractivity contribution in [2.45, 2.75) is 0 Å². The van der Waals surface area contributed by atoms with E-state index >= 15 is 0 Å². The molecule has 1 radical (unpaired) electrons. The molecule has 25 heavy (non-hydrogen) atoms. The molecule has 0 spiro atoms. The summed E-state index contributed by atoms with van der Waals surface area (Å²) in [7, 11) is 0. The van der Waals surface area contributed by atoms with Crippen LogP contribution in [0.5, 0.6) is 0 Å². The molecule has 0 unspecified atom stereocenters. The maximum atomic E-state index is 2.21. The average Bonchev–Trinajstić information content (AvgIpc) is 2.69. The second-order valence-electron chi connectivity index (χ2n) is 5.83. The first-order chi connectivity index (χ1) is 11.9. The third kappa shape index (κ3) is 3.77. The van der Waals surface area contributed by atoms with Gasteiger partial charge in [0.05, 0.1) is 0 Å². The molecule has 0 saturated heterocycles. The monoisotopic (exact) mass is 329 g/mol. The predicted octanol–water partition coefficient (Wildman–Crippen LogP) is 6.31. The van der Waals surface area contributed by atoms with Crippen molar-refractivity contribution in [3.63, 3.8) is 0 Å². The van der Waals surface area contributed by atoms with Crippen LogP contribution in [0.1, 0.15) is 0 Å². The van der Waals surface area contributed by atoms with Crippen molar-refractivity contribution in [3.05, 3.63) is 109 Å². The van der Waals surface area contributed by atoms with Crippen molar-refractivity contribution < 1.29 is 0 Å². The van der Waals surface area contributed by atoms with Gasteiger partial charge in [0.2, 0.25) is 0 Å². The molecule has 4 rings (SSSR count). The maximum Gasteiger partial charge on any atom is 0 e. The molecule has 0 bridgehead atoms. The second kappa shape index (κ2) is 8.31. The summed E-state index contributed by atoms with van der Waals surface area (Å²) in [6.07, 6.45) is 0. The van der Waals surface area contributed by atoms with Gasteiger partial charge in [0.15, 0.2) is 0 Å². The molecule has 0 amide bonds. The fraction of sp³-hybridized carbons (Fsp3) is 0. The minimum Gasteiger partial charge on any atom is -0.0622 e. The van der Waals surface area contributed by atoms with Gasteiger partial charge < -0.3 is 0 Å². The van der Waals surface area contributed by atoms with Crippen LogP contribution in [0.2, 0.25) is 0 Å². The van der Waals surface area contributed by atoms with E-state index in [0.29, 0.717) is 0 Å². The van der Waals surface area contributed by atoms with Crippen molar-refractivity contribution in [2.75, 3.05) is 0 Å². The van der Waals surface area contributed by atoms with Gasteiger partial charge in [-0.3, -0.25) is 0 Å². The summed E-state index contributed by atoms with van der Waals surface area (Å²) in [5.74, 6) is 0. The standard InChI is InChI=1S/C24H18.Na/c1-4-11-19(12-5-1)22-17-10-18-23(20-13-6-2-7-14-20)24(22)21-15-8-3-9-16-21;/h1-18H;. The molecule has 0 nitrogen and oxygen atoms in total. The van der Waals surface area contributed by atoms with Crippen LogP contribution in [0.4, 0.5) is 0 Å². The zero-order chi connectivity index (χ0) is 16.2. The molecular formula is C24H18Na. The molecule has 0 atom stereocenters. The molecular weight excluding hydrogens is 311 g/mol. The molecule has 0 fully saturated rings. The van der Waals surface area contributed by atoms with Crippen molar-refractivity contribution in [3.8, 4) is 33.4 Å². The number of benzene rings is 4. The van der Waals surface area contributed by atoms with Crippen LogP contribution in [0.3, 0.4) is 0 Å². The topological polar surface area (TPSA) is 0 Å². The number of hydrogen-bond donors (Lipinski definition) is 0. The van der Waals surface area contributed by atoms with Crippen LogP contribution in [0.15, 0.2) is 109 Å². The molecule has 1 heteroatoms. The first-order valence-electron chi connectivity index (χ1n) is 8.23. The van der Waals surface area contributed by atoms with Crippen molar-refractivity contribution in [1.29, 1.82) is 0 Å². The minimum atomic E-state index is 0. The summed E-state index contributed by atoms with van der Waals surface area (Å²) in [4.78, 5) is 0. The fourth-order valence-electron chi connectivity index (χ4n) is 3.18. The molecule has 0 aliphatic carbocycles. The second-order valence-corrected chi connectivity index (χ2v) is 5.83. The Hall–Kier alpha value is -2.12. The Kier molecular flexibility index (Phi) is 5.88. The molecule has 4 aromatic rings. The van der Waals surface area contributed by atoms with E-state index in [9.17, 15) is 0 Å². The summed E-state index contributed by atoms with van der Waals surface area (Å²) in [6.45, 7) is 0. The van der Waals surface area contributed by atoms with Gasteiger partial charge in [-0.25, -0.2) is 0 Å². The van der Waals surface area contributed by atoms with Crippen LogP contribution in [0.25, 0.3) is 33.4 Å². The van der Waals surface area contributed by atoms with Gasteiger partial charge in [0.25, 0.3) is 0 Å². The summed E-state index contributed by atoms with van der Waals surface area (Å²) in [5, 5.41) is 0. The SMILES string of the molecule is [Na].c1ccc(-c2cccc(-c3ccccc3)c2-c2ccccc2)cc1. The van der Waals surface area contributed by atoms with Crippen LogP contribution in [-0.4, -0.2) is 29.6 Å². The first-order valence-corrected chi connectivity index (χ1v) is 8.23. The van der Waals surface area contributed by atoms with Crippen molar-refractivity contribution in [1.82, 2.24) is 0 Å². The third-order valence-electron chi connectivity index (χ3n) is 4.30. The van der Waals surface area contributed by atoms with Gasteiger partial charge in [0.1, 0.15) is 0 Å². The maximum absolute atomic E-state index is 2.21. The molecule has 0 aliphatic rings. The normalized spacial score (nSPS) is 10.1. The van der Waals surface area contributed by atoms with E-state index in [0.717, 1.165) is 0 Å². The predicted molar refractivity (Wildman–Crippen MR) is 109 cm³/mol. The van der Waals surface area contributed by atoms with Crippen molar-refractivity contribution in [2.24, 2.45) is 0 Å². The Morgan fingerprint density at radius 3 is 1.08 bits per heavy atom. The van der Waals surface area contributed by atoms with Gasteiger partial charge in [-0.2, -0.15) is 0 Å². The molecule has 0 N–H and O–H groups in total. The van der Waals surface area contributed by atoms with Gasteiger partial charge in [0, 0.05) is 29.6 Å². The van der Waals surface area contributed by atoms with Crippen molar-refractivity contribution >= 4 is 29.6 Å². The van der Waals surface area contributed by atoms with E-state index in [1.54, 1.807) is 0 Å². The summed E-state index contributed by atoms with van der Waals surface area (Å²) < 4.78 is 0. The van der Waals surface area contributed by atoms with Gasteiger partial charge in [-0.15, -0.1) is 0 Å². The Labute approximate surface area is 171 Å². The first kappa shape index (κ1) is 17.7. The summed E-state index contributed by atoms with van der Waals surface area (Å²) in [6, 6.07) is 38.4. The molecule has 4 aromatic carbocycles. The van der Waals surface area contributed by atoms with Gasteiger partial charge >= 0.3 is 0 Å². The Morgan fingerprint density at radius 1 is 0.320 bits per heavy atom. The zero-order valence-corrected chi connectivity index (χ0v) is 16.4.